The zero-order valence-corrected chi connectivity index (χ0v) is 22.2. The quantitative estimate of drug-likeness (QED) is 0.375. The molecule has 0 fully saturated rings. The molecule has 202 valence electrons. The number of aromatic nitrogens is 4. The average Bonchev–Trinajstić information content (AvgIpc) is 3.56. The van der Waals surface area contributed by atoms with Crippen LogP contribution in [0.5, 0.6) is 0 Å². The molecular weight excluding hydrogens is 513 g/mol. The van der Waals surface area contributed by atoms with Gasteiger partial charge in [0.25, 0.3) is 0 Å². The molecule has 0 spiro atoms. The zero-order valence-electron chi connectivity index (χ0n) is 22.2. The molecule has 0 atom stereocenters. The van der Waals surface area contributed by atoms with Crippen molar-refractivity contribution < 1.29 is 18.7 Å². The number of benzene rings is 2. The lowest BCUT2D eigenvalue weighted by Gasteiger charge is -2.19. The molecule has 3 heterocycles. The number of nitrogens with one attached hydrogen (secondary N) is 1. The fourth-order valence-corrected chi connectivity index (χ4v) is 4.44. The Hall–Kier alpha value is -5.11. The Morgan fingerprint density at radius 2 is 2.00 bits per heavy atom. The predicted octanol–water partition coefficient (Wildman–Crippen LogP) is 5.01. The molecule has 0 radical (unpaired) electrons. The minimum Gasteiger partial charge on any atom is -0.442 e. The van der Waals surface area contributed by atoms with E-state index in [1.807, 2.05) is 6.07 Å². The van der Waals surface area contributed by atoms with Crippen LogP contribution in [0.2, 0.25) is 0 Å². The molecule has 2 aromatic heterocycles. The molecule has 0 saturated carbocycles. The standard InChI is InChI=1S/C29H26FN7O3/c1-29(2,3)40-28(39)37-17-22(16-33-37)34-27-32-10-8-24(35-27)20-12-19-9-11-36(26(19)21(13-20)15-31)25(38)14-18-6-4-5-7-23(18)30/h4-8,10,12-13,16-17H,9,11,14H2,1-3H3,(H,32,34,35). The minimum atomic E-state index is -0.656. The Balaban J connectivity index is 1.36. The number of hydrogen-bond donors (Lipinski definition) is 1. The second kappa shape index (κ2) is 10.6. The molecule has 0 saturated heterocycles. The van der Waals surface area contributed by atoms with Gasteiger partial charge in [-0.15, -0.1) is 0 Å². The number of carbonyl (C=O) groups excluding carboxylic acids is 2. The van der Waals surface area contributed by atoms with E-state index in [0.717, 1.165) is 10.2 Å². The molecule has 5 rings (SSSR count). The molecule has 11 heteroatoms. The summed E-state index contributed by atoms with van der Waals surface area (Å²) in [5, 5.41) is 17.0. The molecule has 1 aliphatic rings. The van der Waals surface area contributed by atoms with Gasteiger partial charge in [-0.3, -0.25) is 4.79 Å². The van der Waals surface area contributed by atoms with Gasteiger partial charge in [0.05, 0.1) is 41.4 Å². The van der Waals surface area contributed by atoms with Crippen LogP contribution >= 0.6 is 0 Å². The number of rotatable bonds is 5. The van der Waals surface area contributed by atoms with Gasteiger partial charge in [-0.05, 0) is 62.6 Å². The molecule has 0 bridgehead atoms. The Bertz CT molecular complexity index is 1650. The molecule has 0 aliphatic carbocycles. The van der Waals surface area contributed by atoms with Crippen LogP contribution in [0, 0.1) is 17.1 Å². The van der Waals surface area contributed by atoms with Crippen molar-refractivity contribution in [2.24, 2.45) is 0 Å². The smallest absolute Gasteiger partial charge is 0.435 e. The number of carbonyl (C=O) groups is 2. The van der Waals surface area contributed by atoms with Gasteiger partial charge in [-0.25, -0.2) is 19.2 Å². The largest absolute Gasteiger partial charge is 0.442 e. The van der Waals surface area contributed by atoms with Crippen molar-refractivity contribution in [2.75, 3.05) is 16.8 Å². The van der Waals surface area contributed by atoms with Gasteiger partial charge in [0.1, 0.15) is 17.5 Å². The Morgan fingerprint density at radius 1 is 1.20 bits per heavy atom. The molecule has 2 aromatic carbocycles. The first kappa shape index (κ1) is 26.5. The van der Waals surface area contributed by atoms with E-state index in [4.69, 9.17) is 4.74 Å². The molecule has 0 unspecified atom stereocenters. The summed E-state index contributed by atoms with van der Waals surface area (Å²) in [6.45, 7) is 5.71. The molecular formula is C29H26FN7O3. The lowest BCUT2D eigenvalue weighted by atomic mass is 10.0. The maximum Gasteiger partial charge on any atom is 0.435 e. The number of fused-ring (bicyclic) bond motifs is 1. The summed E-state index contributed by atoms with van der Waals surface area (Å²) in [5.74, 6) is -0.438. The van der Waals surface area contributed by atoms with Gasteiger partial charge in [0.15, 0.2) is 0 Å². The van der Waals surface area contributed by atoms with Crippen LogP contribution in [0.4, 0.5) is 26.5 Å². The van der Waals surface area contributed by atoms with Crippen molar-refractivity contribution >= 4 is 29.3 Å². The van der Waals surface area contributed by atoms with Crippen LogP contribution in [-0.2, 0) is 22.4 Å². The van der Waals surface area contributed by atoms with Crippen LogP contribution in [0.15, 0.2) is 61.1 Å². The summed E-state index contributed by atoms with van der Waals surface area (Å²) in [6.07, 6.45) is 4.35. The van der Waals surface area contributed by atoms with E-state index >= 15 is 0 Å². The Kier molecular flexibility index (Phi) is 7.00. The normalized spacial score (nSPS) is 12.5. The van der Waals surface area contributed by atoms with Crippen LogP contribution < -0.4 is 10.2 Å². The van der Waals surface area contributed by atoms with Gasteiger partial charge in [0.2, 0.25) is 11.9 Å². The lowest BCUT2D eigenvalue weighted by Crippen LogP contribution is -2.31. The number of amides is 1. The van der Waals surface area contributed by atoms with Crippen molar-refractivity contribution in [3.63, 3.8) is 0 Å². The predicted molar refractivity (Wildman–Crippen MR) is 145 cm³/mol. The van der Waals surface area contributed by atoms with Gasteiger partial charge >= 0.3 is 6.09 Å². The summed E-state index contributed by atoms with van der Waals surface area (Å²) in [5.41, 5.74) is 3.11. The van der Waals surface area contributed by atoms with Gasteiger partial charge in [-0.1, -0.05) is 18.2 Å². The monoisotopic (exact) mass is 539 g/mol. The number of anilines is 3. The SMILES string of the molecule is CC(C)(C)OC(=O)n1cc(Nc2nccc(-c3cc(C#N)c4c(c3)CCN4C(=O)Cc3ccccc3F)n2)cn1. The first-order chi connectivity index (χ1) is 19.1. The summed E-state index contributed by atoms with van der Waals surface area (Å²) in [7, 11) is 0. The fourth-order valence-electron chi connectivity index (χ4n) is 4.44. The Labute approximate surface area is 230 Å². The van der Waals surface area contributed by atoms with Crippen LogP contribution in [0.3, 0.4) is 0 Å². The highest BCUT2D eigenvalue weighted by atomic mass is 19.1. The third kappa shape index (κ3) is 5.66. The van der Waals surface area contributed by atoms with Crippen molar-refractivity contribution in [1.29, 1.82) is 5.26 Å². The third-order valence-electron chi connectivity index (χ3n) is 6.16. The second-order valence-corrected chi connectivity index (χ2v) is 10.3. The van der Waals surface area contributed by atoms with E-state index in [2.05, 4.69) is 26.5 Å². The number of halogens is 1. The van der Waals surface area contributed by atoms with E-state index in [1.54, 1.807) is 62.2 Å². The van der Waals surface area contributed by atoms with E-state index < -0.39 is 17.5 Å². The zero-order chi connectivity index (χ0) is 28.4. The van der Waals surface area contributed by atoms with Crippen molar-refractivity contribution in [2.45, 2.75) is 39.2 Å². The van der Waals surface area contributed by atoms with E-state index in [1.165, 1.54) is 18.5 Å². The number of nitriles is 1. The highest BCUT2D eigenvalue weighted by Crippen LogP contribution is 2.36. The molecule has 1 N–H and O–H groups in total. The number of ether oxygens (including phenoxy) is 1. The van der Waals surface area contributed by atoms with Crippen LogP contribution in [0.1, 0.15) is 37.5 Å². The second-order valence-electron chi connectivity index (χ2n) is 10.3. The van der Waals surface area contributed by atoms with E-state index in [9.17, 15) is 19.2 Å². The molecule has 40 heavy (non-hydrogen) atoms. The highest BCUT2D eigenvalue weighted by Gasteiger charge is 2.29. The molecule has 10 nitrogen and oxygen atoms in total. The fraction of sp³-hybridized carbons (Fsp3) is 0.241. The number of hydrogen-bond acceptors (Lipinski definition) is 8. The van der Waals surface area contributed by atoms with Crippen molar-refractivity contribution in [1.82, 2.24) is 19.7 Å². The summed E-state index contributed by atoms with van der Waals surface area (Å²) in [4.78, 5) is 35.7. The van der Waals surface area contributed by atoms with Crippen molar-refractivity contribution in [3.8, 4) is 17.3 Å². The first-order valence-corrected chi connectivity index (χ1v) is 12.6. The number of nitrogens with zero attached hydrogens (tertiary/aromatic N) is 6. The van der Waals surface area contributed by atoms with E-state index in [0.29, 0.717) is 46.7 Å². The van der Waals surface area contributed by atoms with Gasteiger partial charge in [-0.2, -0.15) is 15.0 Å². The molecule has 1 amide bonds. The maximum atomic E-state index is 14.1. The van der Waals surface area contributed by atoms with Gasteiger partial charge < -0.3 is 15.0 Å². The first-order valence-electron chi connectivity index (χ1n) is 12.6. The topological polar surface area (TPSA) is 126 Å². The van der Waals surface area contributed by atoms with Crippen molar-refractivity contribution in [3.05, 3.63) is 83.6 Å². The van der Waals surface area contributed by atoms with Gasteiger partial charge in [0, 0.05) is 18.3 Å². The summed E-state index contributed by atoms with van der Waals surface area (Å²) < 4.78 is 20.5. The third-order valence-corrected chi connectivity index (χ3v) is 6.16. The molecule has 1 aliphatic heterocycles. The summed E-state index contributed by atoms with van der Waals surface area (Å²) >= 11 is 0. The highest BCUT2D eigenvalue weighted by molar-refractivity contribution is 5.98. The van der Waals surface area contributed by atoms with Crippen LogP contribution in [0.25, 0.3) is 11.3 Å². The van der Waals surface area contributed by atoms with Crippen LogP contribution in [-0.4, -0.2) is 43.9 Å². The minimum absolute atomic E-state index is 0.0931. The molecule has 4 aromatic rings. The average molecular weight is 540 g/mol. The van der Waals surface area contributed by atoms with E-state index in [-0.39, 0.29) is 18.3 Å². The Morgan fingerprint density at radius 3 is 2.75 bits per heavy atom. The maximum absolute atomic E-state index is 14.1. The summed E-state index contributed by atoms with van der Waals surface area (Å²) in [6, 6.07) is 13.7. The lowest BCUT2D eigenvalue weighted by molar-refractivity contribution is -0.117.